The number of rotatable bonds is 5. The number of quaternary nitrogens is 1. The molecular weight excluding hydrogens is 326 g/mol. The zero-order chi connectivity index (χ0) is 17.9. The molecule has 0 unspecified atom stereocenters. The molecule has 1 aliphatic rings. The third-order valence-corrected chi connectivity index (χ3v) is 6.57. The topological polar surface area (TPSA) is 62.1 Å². The van der Waals surface area contributed by atoms with Crippen LogP contribution in [-0.4, -0.2) is 69.3 Å². The van der Waals surface area contributed by atoms with E-state index >= 15 is 0 Å². The van der Waals surface area contributed by atoms with E-state index < -0.39 is 10.0 Å². The molecule has 1 amide bonds. The van der Waals surface area contributed by atoms with Gasteiger partial charge in [0.2, 0.25) is 10.0 Å². The summed E-state index contributed by atoms with van der Waals surface area (Å²) >= 11 is 0. The molecule has 1 aliphatic heterocycles. The maximum absolute atomic E-state index is 12.7. The number of carbonyl (C=O) groups is 1. The fraction of sp³-hybridized carbons (Fsp3) is 0.588. The van der Waals surface area contributed by atoms with Gasteiger partial charge in [0, 0.05) is 13.1 Å². The van der Waals surface area contributed by atoms with Crippen LogP contribution < -0.4 is 4.90 Å². The highest BCUT2D eigenvalue weighted by atomic mass is 32.2. The average molecular weight is 354 g/mol. The van der Waals surface area contributed by atoms with E-state index in [2.05, 4.69) is 0 Å². The molecule has 6 nitrogen and oxygen atoms in total. The van der Waals surface area contributed by atoms with Crippen molar-refractivity contribution in [2.24, 2.45) is 0 Å². The Bertz CT molecular complexity index is 663. The van der Waals surface area contributed by atoms with Gasteiger partial charge in [-0.15, -0.1) is 0 Å². The van der Waals surface area contributed by atoms with Crippen molar-refractivity contribution in [1.29, 1.82) is 0 Å². The number of aryl methyl sites for hydroxylation is 1. The summed E-state index contributed by atoms with van der Waals surface area (Å²) in [5, 5.41) is 0. The molecule has 0 bridgehead atoms. The molecule has 1 heterocycles. The largest absolute Gasteiger partial charge is 0.338 e. The minimum atomic E-state index is -3.44. The number of piperazine rings is 1. The van der Waals surface area contributed by atoms with Crippen LogP contribution in [0.5, 0.6) is 0 Å². The highest BCUT2D eigenvalue weighted by Crippen LogP contribution is 2.16. The smallest absolute Gasteiger partial charge is 0.277 e. The normalized spacial score (nSPS) is 17.2. The quantitative estimate of drug-likeness (QED) is 0.793. The Kier molecular flexibility index (Phi) is 6.01. The number of amides is 1. The second-order valence-corrected chi connectivity index (χ2v) is 8.68. The van der Waals surface area contributed by atoms with Crippen LogP contribution in [0.4, 0.5) is 0 Å². The average Bonchev–Trinajstić information content (AvgIpc) is 2.55. The summed E-state index contributed by atoms with van der Waals surface area (Å²) in [7, 11) is -1.63. The van der Waals surface area contributed by atoms with Crippen LogP contribution in [0.1, 0.15) is 19.4 Å². The molecule has 0 atom stereocenters. The second kappa shape index (κ2) is 7.63. The van der Waals surface area contributed by atoms with E-state index in [4.69, 9.17) is 0 Å². The molecule has 0 aliphatic carbocycles. The fourth-order valence-corrected chi connectivity index (χ4v) is 4.15. The molecule has 2 rings (SSSR count). The van der Waals surface area contributed by atoms with Crippen LogP contribution in [0.3, 0.4) is 0 Å². The molecule has 0 radical (unpaired) electrons. The zero-order valence-corrected chi connectivity index (χ0v) is 15.8. The van der Waals surface area contributed by atoms with Crippen LogP contribution in [0.25, 0.3) is 0 Å². The van der Waals surface area contributed by atoms with E-state index in [-0.39, 0.29) is 11.9 Å². The second-order valence-electron chi connectivity index (χ2n) is 6.74. The Balaban J connectivity index is 1.95. The van der Waals surface area contributed by atoms with Crippen molar-refractivity contribution in [3.8, 4) is 0 Å². The van der Waals surface area contributed by atoms with Gasteiger partial charge in [0.1, 0.15) is 0 Å². The van der Waals surface area contributed by atoms with E-state index in [1.54, 1.807) is 17.0 Å². The van der Waals surface area contributed by atoms with Gasteiger partial charge >= 0.3 is 0 Å². The lowest BCUT2D eigenvalue weighted by Crippen LogP contribution is -3.15. The zero-order valence-electron chi connectivity index (χ0n) is 14.9. The predicted octanol–water partition coefficient (Wildman–Crippen LogP) is -0.249. The minimum absolute atomic E-state index is 0.106. The van der Waals surface area contributed by atoms with Gasteiger partial charge < -0.3 is 9.80 Å². The first-order chi connectivity index (χ1) is 11.2. The monoisotopic (exact) mass is 354 g/mol. The van der Waals surface area contributed by atoms with Gasteiger partial charge in [-0.3, -0.25) is 4.79 Å². The summed E-state index contributed by atoms with van der Waals surface area (Å²) in [5.74, 6) is 0.106. The molecule has 1 saturated heterocycles. The molecule has 0 saturated carbocycles. The summed E-state index contributed by atoms with van der Waals surface area (Å²) in [4.78, 5) is 15.4. The number of nitrogens with one attached hydrogen (secondary N) is 1. The number of hydrogen-bond donors (Lipinski definition) is 1. The molecule has 24 heavy (non-hydrogen) atoms. The van der Waals surface area contributed by atoms with Crippen molar-refractivity contribution in [1.82, 2.24) is 9.21 Å². The van der Waals surface area contributed by atoms with E-state index in [1.165, 1.54) is 4.31 Å². The van der Waals surface area contributed by atoms with Gasteiger partial charge in [0.25, 0.3) is 5.91 Å². The number of carbonyl (C=O) groups excluding carboxylic acids is 1. The Morgan fingerprint density at radius 3 is 2.25 bits per heavy atom. The molecular formula is C17H28N3O3S+. The van der Waals surface area contributed by atoms with Crippen molar-refractivity contribution in [2.75, 3.05) is 39.8 Å². The highest BCUT2D eigenvalue weighted by Gasteiger charge is 2.31. The third-order valence-electron chi connectivity index (χ3n) is 4.66. The number of benzene rings is 1. The van der Waals surface area contributed by atoms with E-state index in [1.807, 2.05) is 40.0 Å². The fourth-order valence-electron chi connectivity index (χ4n) is 2.71. The number of likely N-dealkylation sites (N-methyl/N-ethyl adjacent to an activating group) is 1. The molecule has 1 aromatic carbocycles. The maximum Gasteiger partial charge on any atom is 0.277 e. The van der Waals surface area contributed by atoms with Crippen LogP contribution in [-0.2, 0) is 14.8 Å². The van der Waals surface area contributed by atoms with Crippen molar-refractivity contribution in [3.63, 3.8) is 0 Å². The predicted molar refractivity (Wildman–Crippen MR) is 93.4 cm³/mol. The molecule has 0 aromatic heterocycles. The summed E-state index contributed by atoms with van der Waals surface area (Å²) in [6.45, 7) is 8.54. The first-order valence-electron chi connectivity index (χ1n) is 8.38. The van der Waals surface area contributed by atoms with Gasteiger partial charge in [-0.05, 0) is 32.9 Å². The van der Waals surface area contributed by atoms with Crippen molar-refractivity contribution in [3.05, 3.63) is 29.8 Å². The van der Waals surface area contributed by atoms with Crippen LogP contribution in [0.2, 0.25) is 0 Å². The first kappa shape index (κ1) is 18.9. The molecule has 7 heteroatoms. The third kappa shape index (κ3) is 4.34. The van der Waals surface area contributed by atoms with Gasteiger partial charge in [0.15, 0.2) is 6.54 Å². The number of sulfonamides is 1. The minimum Gasteiger partial charge on any atom is -0.338 e. The Morgan fingerprint density at radius 1 is 1.21 bits per heavy atom. The lowest BCUT2D eigenvalue weighted by molar-refractivity contribution is -0.896. The van der Waals surface area contributed by atoms with E-state index in [0.29, 0.717) is 37.6 Å². The summed E-state index contributed by atoms with van der Waals surface area (Å²) in [5.41, 5.74) is 1.04. The molecule has 1 aromatic rings. The van der Waals surface area contributed by atoms with Crippen molar-refractivity contribution >= 4 is 15.9 Å². The van der Waals surface area contributed by atoms with E-state index in [9.17, 15) is 13.2 Å². The van der Waals surface area contributed by atoms with Crippen LogP contribution in [0, 0.1) is 6.92 Å². The summed E-state index contributed by atoms with van der Waals surface area (Å²) < 4.78 is 26.9. The molecule has 1 N–H and O–H groups in total. The SMILES string of the molecule is Cc1ccc(S(=O)(=O)N2CC[NH+](CC(=O)N(C)C(C)C)CC2)cc1. The Morgan fingerprint density at radius 2 is 1.75 bits per heavy atom. The molecule has 134 valence electrons. The van der Waals surface area contributed by atoms with Gasteiger partial charge in [-0.25, -0.2) is 8.42 Å². The number of hydrogen-bond acceptors (Lipinski definition) is 3. The van der Waals surface area contributed by atoms with Crippen LogP contribution >= 0.6 is 0 Å². The van der Waals surface area contributed by atoms with Crippen molar-refractivity contribution < 1.29 is 18.1 Å². The molecule has 0 spiro atoms. The summed E-state index contributed by atoms with van der Waals surface area (Å²) in [6.07, 6.45) is 0. The lowest BCUT2D eigenvalue weighted by atomic mass is 10.2. The lowest BCUT2D eigenvalue weighted by Gasteiger charge is -2.32. The Labute approximate surface area is 145 Å². The maximum atomic E-state index is 12.7. The highest BCUT2D eigenvalue weighted by molar-refractivity contribution is 7.89. The van der Waals surface area contributed by atoms with Gasteiger partial charge in [-0.1, -0.05) is 17.7 Å². The molecule has 1 fully saturated rings. The van der Waals surface area contributed by atoms with Gasteiger partial charge in [-0.2, -0.15) is 4.31 Å². The van der Waals surface area contributed by atoms with Crippen molar-refractivity contribution in [2.45, 2.75) is 31.7 Å². The van der Waals surface area contributed by atoms with Gasteiger partial charge in [0.05, 0.1) is 31.1 Å². The first-order valence-corrected chi connectivity index (χ1v) is 9.82. The Hall–Kier alpha value is -1.44. The van der Waals surface area contributed by atoms with Crippen LogP contribution in [0.15, 0.2) is 29.2 Å². The standard InChI is InChI=1S/C17H27N3O3S/c1-14(2)18(4)17(21)13-19-9-11-20(12-10-19)24(22,23)16-7-5-15(3)6-8-16/h5-8,14H,9-13H2,1-4H3/p+1. The van der Waals surface area contributed by atoms with E-state index in [0.717, 1.165) is 10.5 Å². The number of nitrogens with zero attached hydrogens (tertiary/aromatic N) is 2. The summed E-state index contributed by atoms with van der Waals surface area (Å²) in [6, 6.07) is 7.12.